The zero-order chi connectivity index (χ0) is 14.5. The number of benzene rings is 2. The number of rotatable bonds is 5. The van der Waals surface area contributed by atoms with Crippen molar-refractivity contribution in [1.82, 2.24) is 0 Å². The first-order valence-corrected chi connectivity index (χ1v) is 6.33. The Morgan fingerprint density at radius 1 is 1.15 bits per heavy atom. The Labute approximate surface area is 117 Å². The Morgan fingerprint density at radius 3 is 2.35 bits per heavy atom. The lowest BCUT2D eigenvalue weighted by Crippen LogP contribution is -2.27. The third-order valence-corrected chi connectivity index (χ3v) is 3.26. The average Bonchev–Trinajstić information content (AvgIpc) is 2.46. The number of anilines is 1. The van der Waals surface area contributed by atoms with Gasteiger partial charge in [0, 0.05) is 18.3 Å². The predicted molar refractivity (Wildman–Crippen MR) is 76.2 cm³/mol. The predicted octanol–water partition coefficient (Wildman–Crippen LogP) is 3.48. The van der Waals surface area contributed by atoms with Crippen molar-refractivity contribution in [3.8, 4) is 0 Å². The molecule has 20 heavy (non-hydrogen) atoms. The third kappa shape index (κ3) is 3.15. The van der Waals surface area contributed by atoms with Gasteiger partial charge in [0.1, 0.15) is 5.82 Å². The van der Waals surface area contributed by atoms with E-state index in [1.807, 2.05) is 30.3 Å². The summed E-state index contributed by atoms with van der Waals surface area (Å²) in [6, 6.07) is 15.1. The number of halogens is 1. The van der Waals surface area contributed by atoms with Crippen molar-refractivity contribution < 1.29 is 14.3 Å². The smallest absolute Gasteiger partial charge is 0.305 e. The van der Waals surface area contributed by atoms with E-state index in [2.05, 4.69) is 0 Å². The standard InChI is InChI=1S/C16H16FNO2/c1-18(12-7-3-2-4-8-12)15(11-16(19)20)13-9-5-6-10-14(13)17/h2-10,15H,11H2,1H3,(H,19,20). The number of hydrogen-bond acceptors (Lipinski definition) is 2. The van der Waals surface area contributed by atoms with E-state index in [4.69, 9.17) is 5.11 Å². The van der Waals surface area contributed by atoms with Gasteiger partial charge >= 0.3 is 5.97 Å². The zero-order valence-electron chi connectivity index (χ0n) is 11.2. The Hall–Kier alpha value is -2.36. The SMILES string of the molecule is CN(c1ccccc1)C(CC(=O)O)c1ccccc1F. The molecule has 0 aromatic heterocycles. The van der Waals surface area contributed by atoms with Crippen LogP contribution in [-0.4, -0.2) is 18.1 Å². The second-order valence-corrected chi connectivity index (χ2v) is 4.58. The van der Waals surface area contributed by atoms with Crippen molar-refractivity contribution in [2.24, 2.45) is 0 Å². The molecule has 0 spiro atoms. The summed E-state index contributed by atoms with van der Waals surface area (Å²) in [5, 5.41) is 9.08. The fraction of sp³-hybridized carbons (Fsp3) is 0.188. The van der Waals surface area contributed by atoms with Gasteiger partial charge in [0.25, 0.3) is 0 Å². The Bertz CT molecular complexity index is 586. The van der Waals surface area contributed by atoms with Gasteiger partial charge in [-0.3, -0.25) is 4.79 Å². The van der Waals surface area contributed by atoms with Crippen LogP contribution in [0.25, 0.3) is 0 Å². The van der Waals surface area contributed by atoms with Crippen LogP contribution in [0.5, 0.6) is 0 Å². The number of carbonyl (C=O) groups is 1. The lowest BCUT2D eigenvalue weighted by atomic mass is 10.0. The highest BCUT2D eigenvalue weighted by molar-refractivity contribution is 5.69. The van der Waals surface area contributed by atoms with Gasteiger partial charge < -0.3 is 10.0 Å². The largest absolute Gasteiger partial charge is 0.481 e. The molecule has 2 rings (SSSR count). The molecule has 0 bridgehead atoms. The maximum atomic E-state index is 13.9. The first-order chi connectivity index (χ1) is 9.59. The van der Waals surface area contributed by atoms with Crippen LogP contribution in [-0.2, 0) is 4.79 Å². The van der Waals surface area contributed by atoms with Gasteiger partial charge in [0.15, 0.2) is 0 Å². The van der Waals surface area contributed by atoms with Crippen molar-refractivity contribution in [3.63, 3.8) is 0 Å². The molecule has 0 radical (unpaired) electrons. The minimum atomic E-state index is -0.957. The Morgan fingerprint density at radius 2 is 1.75 bits per heavy atom. The van der Waals surface area contributed by atoms with E-state index in [1.165, 1.54) is 6.07 Å². The molecule has 0 saturated carbocycles. The highest BCUT2D eigenvalue weighted by atomic mass is 19.1. The van der Waals surface area contributed by atoms with Crippen molar-refractivity contribution in [2.75, 3.05) is 11.9 Å². The number of carboxylic acids is 1. The molecule has 1 atom stereocenters. The zero-order valence-corrected chi connectivity index (χ0v) is 11.2. The Balaban J connectivity index is 2.38. The van der Waals surface area contributed by atoms with Crippen LogP contribution in [0.2, 0.25) is 0 Å². The first-order valence-electron chi connectivity index (χ1n) is 6.33. The quantitative estimate of drug-likeness (QED) is 0.906. The van der Waals surface area contributed by atoms with Crippen LogP contribution in [0.15, 0.2) is 54.6 Å². The summed E-state index contributed by atoms with van der Waals surface area (Å²) in [4.78, 5) is 12.9. The molecule has 4 heteroatoms. The van der Waals surface area contributed by atoms with Crippen molar-refractivity contribution >= 4 is 11.7 Å². The van der Waals surface area contributed by atoms with E-state index in [-0.39, 0.29) is 12.2 Å². The summed E-state index contributed by atoms with van der Waals surface area (Å²) >= 11 is 0. The van der Waals surface area contributed by atoms with E-state index in [1.54, 1.807) is 30.1 Å². The number of hydrogen-bond donors (Lipinski definition) is 1. The van der Waals surface area contributed by atoms with Crippen LogP contribution >= 0.6 is 0 Å². The summed E-state index contributed by atoms with van der Waals surface area (Å²) in [5.74, 6) is -1.34. The molecule has 3 nitrogen and oxygen atoms in total. The van der Waals surface area contributed by atoms with Crippen molar-refractivity contribution in [2.45, 2.75) is 12.5 Å². The molecule has 0 amide bonds. The number of carboxylic acid groups (broad SMARTS) is 1. The average molecular weight is 273 g/mol. The van der Waals surface area contributed by atoms with E-state index in [0.29, 0.717) is 5.56 Å². The topological polar surface area (TPSA) is 40.5 Å². The molecule has 2 aromatic carbocycles. The fourth-order valence-corrected chi connectivity index (χ4v) is 2.21. The summed E-state index contributed by atoms with van der Waals surface area (Å²) < 4.78 is 13.9. The molecule has 1 unspecified atom stereocenters. The van der Waals surface area contributed by atoms with Gasteiger partial charge in [0.05, 0.1) is 12.5 Å². The highest BCUT2D eigenvalue weighted by Gasteiger charge is 2.23. The van der Waals surface area contributed by atoms with Crippen LogP contribution in [0.1, 0.15) is 18.0 Å². The molecular formula is C16H16FNO2. The van der Waals surface area contributed by atoms with Gasteiger partial charge in [-0.2, -0.15) is 0 Å². The number of nitrogens with zero attached hydrogens (tertiary/aromatic N) is 1. The second-order valence-electron chi connectivity index (χ2n) is 4.58. The van der Waals surface area contributed by atoms with Gasteiger partial charge in [-0.05, 0) is 18.2 Å². The van der Waals surface area contributed by atoms with E-state index in [9.17, 15) is 9.18 Å². The third-order valence-electron chi connectivity index (χ3n) is 3.26. The summed E-state index contributed by atoms with van der Waals surface area (Å²) in [6.07, 6.45) is -0.160. The molecule has 1 N–H and O–H groups in total. The molecule has 2 aromatic rings. The van der Waals surface area contributed by atoms with Crippen LogP contribution < -0.4 is 4.90 Å². The maximum Gasteiger partial charge on any atom is 0.305 e. The highest BCUT2D eigenvalue weighted by Crippen LogP contribution is 2.29. The first kappa shape index (κ1) is 14.1. The number of aliphatic carboxylic acids is 1. The molecule has 0 aliphatic rings. The monoisotopic (exact) mass is 273 g/mol. The minimum absolute atomic E-state index is 0.160. The lowest BCUT2D eigenvalue weighted by Gasteiger charge is -2.29. The molecule has 0 aliphatic heterocycles. The molecule has 0 saturated heterocycles. The van der Waals surface area contributed by atoms with Gasteiger partial charge in [0.2, 0.25) is 0 Å². The minimum Gasteiger partial charge on any atom is -0.481 e. The van der Waals surface area contributed by atoms with Crippen LogP contribution in [0.3, 0.4) is 0 Å². The van der Waals surface area contributed by atoms with Gasteiger partial charge in [-0.1, -0.05) is 36.4 Å². The van der Waals surface area contributed by atoms with Crippen LogP contribution in [0, 0.1) is 5.82 Å². The lowest BCUT2D eigenvalue weighted by molar-refractivity contribution is -0.137. The second kappa shape index (κ2) is 6.19. The van der Waals surface area contributed by atoms with Gasteiger partial charge in [-0.25, -0.2) is 4.39 Å². The maximum absolute atomic E-state index is 13.9. The fourth-order valence-electron chi connectivity index (χ4n) is 2.21. The van der Waals surface area contributed by atoms with Crippen LogP contribution in [0.4, 0.5) is 10.1 Å². The summed E-state index contributed by atoms with van der Waals surface area (Å²) in [7, 11) is 1.77. The van der Waals surface area contributed by atoms with E-state index >= 15 is 0 Å². The molecule has 0 fully saturated rings. The van der Waals surface area contributed by atoms with E-state index in [0.717, 1.165) is 5.69 Å². The summed E-state index contributed by atoms with van der Waals surface area (Å²) in [6.45, 7) is 0. The van der Waals surface area contributed by atoms with E-state index < -0.39 is 12.0 Å². The number of para-hydroxylation sites is 1. The molecule has 0 heterocycles. The van der Waals surface area contributed by atoms with Crippen molar-refractivity contribution in [3.05, 3.63) is 66.0 Å². The Kier molecular flexibility index (Phi) is 4.35. The summed E-state index contributed by atoms with van der Waals surface area (Å²) in [5.41, 5.74) is 1.24. The van der Waals surface area contributed by atoms with Gasteiger partial charge in [-0.15, -0.1) is 0 Å². The normalized spacial score (nSPS) is 11.9. The molecule has 0 aliphatic carbocycles. The molecule has 104 valence electrons. The molecular weight excluding hydrogens is 257 g/mol. The van der Waals surface area contributed by atoms with Crippen molar-refractivity contribution in [1.29, 1.82) is 0 Å².